The predicted molar refractivity (Wildman–Crippen MR) is 295 cm³/mol. The number of rotatable bonds is 7. The number of anilines is 3. The van der Waals surface area contributed by atoms with Crippen LogP contribution in [0, 0.1) is 0 Å². The molecule has 3 aliphatic rings. The van der Waals surface area contributed by atoms with Gasteiger partial charge in [-0.1, -0.05) is 224 Å². The summed E-state index contributed by atoms with van der Waals surface area (Å²) in [6.45, 7) is 0. The lowest BCUT2D eigenvalue weighted by molar-refractivity contribution is 0.439. The van der Waals surface area contributed by atoms with Gasteiger partial charge in [-0.25, -0.2) is 0 Å². The molecule has 0 amide bonds. The number of hydrogen-bond donors (Lipinski definition) is 0. The van der Waals surface area contributed by atoms with E-state index in [1.165, 1.54) is 94.4 Å². The van der Waals surface area contributed by atoms with Crippen LogP contribution in [0.3, 0.4) is 0 Å². The van der Waals surface area contributed by atoms with Gasteiger partial charge in [0.25, 0.3) is 0 Å². The molecule has 14 rings (SSSR count). The second kappa shape index (κ2) is 16.6. The molecule has 0 aromatic heterocycles. The minimum atomic E-state index is -0.594. The molecule has 2 aliphatic carbocycles. The largest absolute Gasteiger partial charge is 0.455 e. The van der Waals surface area contributed by atoms with Crippen molar-refractivity contribution in [3.05, 3.63) is 288 Å². The van der Waals surface area contributed by atoms with E-state index < -0.39 is 5.41 Å². The number of nitrogens with zero attached hydrogens (tertiary/aromatic N) is 1. The Hall–Kier alpha value is -8.98. The smallest absolute Gasteiger partial charge is 0.140 e. The van der Waals surface area contributed by atoms with Gasteiger partial charge in [-0.05, 0) is 127 Å². The quantitative estimate of drug-likeness (QED) is 0.158. The van der Waals surface area contributed by atoms with Gasteiger partial charge in [0.05, 0.1) is 5.41 Å². The van der Waals surface area contributed by atoms with Gasteiger partial charge in [-0.2, -0.15) is 0 Å². The highest BCUT2D eigenvalue weighted by molar-refractivity contribution is 6.00. The highest BCUT2D eigenvalue weighted by atomic mass is 16.5. The van der Waals surface area contributed by atoms with Gasteiger partial charge < -0.3 is 9.64 Å². The van der Waals surface area contributed by atoms with E-state index in [-0.39, 0.29) is 0 Å². The number of ether oxygens (including phenoxy) is 1. The van der Waals surface area contributed by atoms with Crippen molar-refractivity contribution >= 4 is 33.9 Å². The lowest BCUT2D eigenvalue weighted by Crippen LogP contribution is -2.32. The highest BCUT2D eigenvalue weighted by Crippen LogP contribution is 2.65. The fraction of sp³-hybridized carbons (Fsp3) is 0.0435. The fourth-order valence-corrected chi connectivity index (χ4v) is 12.0. The van der Waals surface area contributed by atoms with Gasteiger partial charge >= 0.3 is 0 Å². The highest BCUT2D eigenvalue weighted by Gasteiger charge is 2.52. The van der Waals surface area contributed by atoms with Gasteiger partial charge in [-0.3, -0.25) is 0 Å². The number of fused-ring (bicyclic) bond motifs is 13. The molecular weight excluding hydrogens is 859 g/mol. The van der Waals surface area contributed by atoms with Crippen LogP contribution >= 0.6 is 0 Å². The normalized spacial score (nSPS) is 14.8. The first kappa shape index (κ1) is 41.0. The third-order valence-corrected chi connectivity index (χ3v) is 15.2. The SMILES string of the molecule is C1=Cc2c(ccc3c2Oc2c(ccc4ccccc24)C32c3ccccc3-c3c(-c4ccc(N(c5ccc(-c6ccccc6-c6ccccc6)cc5)c5cccc(-c6ccccc6)c5)cc4)cccc32)CC1. The summed E-state index contributed by atoms with van der Waals surface area (Å²) < 4.78 is 7.26. The maximum Gasteiger partial charge on any atom is 0.140 e. The molecule has 0 bridgehead atoms. The van der Waals surface area contributed by atoms with Crippen molar-refractivity contribution in [3.63, 3.8) is 0 Å². The molecular formula is C69H47NO. The zero-order valence-electron chi connectivity index (χ0n) is 39.1. The molecule has 0 saturated carbocycles. The van der Waals surface area contributed by atoms with E-state index >= 15 is 0 Å². The van der Waals surface area contributed by atoms with Crippen LogP contribution < -0.4 is 9.64 Å². The molecule has 1 spiro atoms. The molecule has 1 unspecified atom stereocenters. The van der Waals surface area contributed by atoms with Crippen molar-refractivity contribution in [2.24, 2.45) is 0 Å². The maximum atomic E-state index is 7.26. The van der Waals surface area contributed by atoms with Crippen molar-refractivity contribution in [1.29, 1.82) is 0 Å². The number of aryl methyl sites for hydroxylation is 1. The van der Waals surface area contributed by atoms with Gasteiger partial charge in [0.1, 0.15) is 11.5 Å². The third-order valence-electron chi connectivity index (χ3n) is 15.2. The van der Waals surface area contributed by atoms with Crippen LogP contribution in [0.25, 0.3) is 72.5 Å². The topological polar surface area (TPSA) is 12.5 Å². The van der Waals surface area contributed by atoms with Crippen molar-refractivity contribution in [2.75, 3.05) is 4.90 Å². The van der Waals surface area contributed by atoms with Crippen LogP contribution in [0.1, 0.15) is 39.8 Å². The van der Waals surface area contributed by atoms with Crippen LogP contribution in [-0.2, 0) is 11.8 Å². The van der Waals surface area contributed by atoms with Crippen LogP contribution in [0.4, 0.5) is 17.1 Å². The molecule has 11 aromatic carbocycles. The molecule has 334 valence electrons. The first-order valence-corrected chi connectivity index (χ1v) is 24.8. The van der Waals surface area contributed by atoms with E-state index in [9.17, 15) is 0 Å². The lowest BCUT2D eigenvalue weighted by atomic mass is 9.65. The Balaban J connectivity index is 0.920. The van der Waals surface area contributed by atoms with Crippen molar-refractivity contribution in [1.82, 2.24) is 0 Å². The third kappa shape index (κ3) is 6.49. The second-order valence-electron chi connectivity index (χ2n) is 19.0. The molecule has 2 heteroatoms. The molecule has 2 nitrogen and oxygen atoms in total. The Morgan fingerprint density at radius 2 is 0.930 bits per heavy atom. The van der Waals surface area contributed by atoms with Crippen LogP contribution in [-0.4, -0.2) is 0 Å². The fourth-order valence-electron chi connectivity index (χ4n) is 12.0. The molecule has 1 aliphatic heterocycles. The average molecular weight is 906 g/mol. The second-order valence-corrected chi connectivity index (χ2v) is 19.0. The Morgan fingerprint density at radius 3 is 1.69 bits per heavy atom. The zero-order chi connectivity index (χ0) is 46.9. The van der Waals surface area contributed by atoms with E-state index in [0.29, 0.717) is 0 Å². The Morgan fingerprint density at radius 1 is 0.366 bits per heavy atom. The zero-order valence-corrected chi connectivity index (χ0v) is 39.1. The van der Waals surface area contributed by atoms with E-state index in [4.69, 9.17) is 4.74 Å². The number of hydrogen-bond acceptors (Lipinski definition) is 2. The maximum absolute atomic E-state index is 7.26. The van der Waals surface area contributed by atoms with Crippen molar-refractivity contribution < 1.29 is 4.74 Å². The number of benzene rings is 11. The molecule has 71 heavy (non-hydrogen) atoms. The Bertz CT molecular complexity index is 3890. The van der Waals surface area contributed by atoms with Crippen molar-refractivity contribution in [2.45, 2.75) is 18.3 Å². The lowest BCUT2D eigenvalue weighted by Gasteiger charge is -2.41. The Kier molecular flexibility index (Phi) is 9.60. The predicted octanol–water partition coefficient (Wildman–Crippen LogP) is 18.4. The summed E-state index contributed by atoms with van der Waals surface area (Å²) in [5, 5.41) is 2.31. The molecule has 11 aromatic rings. The van der Waals surface area contributed by atoms with E-state index in [1.54, 1.807) is 0 Å². The van der Waals surface area contributed by atoms with Gasteiger partial charge in [0.2, 0.25) is 0 Å². The summed E-state index contributed by atoms with van der Waals surface area (Å²) in [5.74, 6) is 1.93. The number of allylic oxidation sites excluding steroid dienone is 1. The standard InChI is InChI=1S/C69H47NO/c1-3-17-46(18-4-1)52-23-15-24-55(45-52)70(53-39-33-50(34-40-53)57-26-12-11-25-56(57)47-19-5-2-6-20-47)54-41-35-51(36-42-54)58-30-16-32-63-66(58)61-29-13-14-31-62(61)69(63)64-43-37-48-21-7-9-27-59(48)67(64)71-68-60-28-10-8-22-49(60)38-44-65(68)69/h1-7,9-21,23-45H,8,22H2. The van der Waals surface area contributed by atoms with Crippen LogP contribution in [0.15, 0.2) is 255 Å². The summed E-state index contributed by atoms with van der Waals surface area (Å²) in [6.07, 6.45) is 6.65. The van der Waals surface area contributed by atoms with E-state index in [1.807, 2.05) is 0 Å². The van der Waals surface area contributed by atoms with Crippen molar-refractivity contribution in [3.8, 4) is 67.1 Å². The van der Waals surface area contributed by atoms with Crippen LogP contribution in [0.5, 0.6) is 11.5 Å². The minimum absolute atomic E-state index is 0.594. The van der Waals surface area contributed by atoms with Crippen LogP contribution in [0.2, 0.25) is 0 Å². The summed E-state index contributed by atoms with van der Waals surface area (Å²) >= 11 is 0. The monoisotopic (exact) mass is 905 g/mol. The molecule has 1 atom stereocenters. The summed E-state index contributed by atoms with van der Waals surface area (Å²) in [5.41, 5.74) is 22.3. The summed E-state index contributed by atoms with van der Waals surface area (Å²) in [7, 11) is 0. The molecule has 1 heterocycles. The first-order chi connectivity index (χ1) is 35.2. The Labute approximate surface area is 415 Å². The van der Waals surface area contributed by atoms with E-state index in [2.05, 4.69) is 266 Å². The molecule has 0 saturated heterocycles. The molecule has 0 radical (unpaired) electrons. The van der Waals surface area contributed by atoms with Gasteiger partial charge in [-0.15, -0.1) is 0 Å². The van der Waals surface area contributed by atoms with E-state index in [0.717, 1.165) is 46.8 Å². The minimum Gasteiger partial charge on any atom is -0.455 e. The molecule has 0 fully saturated rings. The molecule has 0 N–H and O–H groups in total. The van der Waals surface area contributed by atoms with Gasteiger partial charge in [0, 0.05) is 39.1 Å². The summed E-state index contributed by atoms with van der Waals surface area (Å²) in [4.78, 5) is 2.39. The average Bonchev–Trinajstić information content (AvgIpc) is 3.74. The summed E-state index contributed by atoms with van der Waals surface area (Å²) in [6, 6.07) is 91.3. The first-order valence-electron chi connectivity index (χ1n) is 24.8. The van der Waals surface area contributed by atoms with Gasteiger partial charge in [0.15, 0.2) is 0 Å².